The lowest BCUT2D eigenvalue weighted by atomic mass is 9.99. The molecule has 0 unspecified atom stereocenters. The fourth-order valence-electron chi connectivity index (χ4n) is 2.02. The van der Waals surface area contributed by atoms with E-state index >= 15 is 0 Å². The van der Waals surface area contributed by atoms with E-state index in [1.807, 2.05) is 32.9 Å². The summed E-state index contributed by atoms with van der Waals surface area (Å²) in [6.45, 7) is 6.82. The molecule has 0 aromatic heterocycles. The van der Waals surface area contributed by atoms with Gasteiger partial charge in [0, 0.05) is 23.6 Å². The van der Waals surface area contributed by atoms with Crippen LogP contribution in [-0.2, 0) is 0 Å². The molecule has 0 heterocycles. The minimum Gasteiger partial charge on any atom is -0.352 e. The van der Waals surface area contributed by atoms with Gasteiger partial charge >= 0.3 is 0 Å². The second-order valence-electron chi connectivity index (χ2n) is 4.34. The minimum absolute atomic E-state index is 0.0639. The van der Waals surface area contributed by atoms with Crippen molar-refractivity contribution in [3.63, 3.8) is 0 Å². The molecule has 0 aliphatic rings. The van der Waals surface area contributed by atoms with E-state index in [1.54, 1.807) is 0 Å². The first-order chi connectivity index (χ1) is 8.56. The number of azide groups is 1. The first kappa shape index (κ1) is 14.1. The molecule has 5 nitrogen and oxygen atoms in total. The third kappa shape index (κ3) is 3.79. The van der Waals surface area contributed by atoms with Crippen molar-refractivity contribution >= 4 is 5.91 Å². The molecule has 0 saturated heterocycles. The normalized spacial score (nSPS) is 9.72. The standard InChI is InChI=1S/C13H18N4O/c1-9-7-10(2)12(11(3)8-9)13(18)15-5-4-6-16-17-14/h7-8H,4-6H2,1-3H3,(H,15,18). The summed E-state index contributed by atoms with van der Waals surface area (Å²) in [6, 6.07) is 4.00. The van der Waals surface area contributed by atoms with Gasteiger partial charge in [0.2, 0.25) is 0 Å². The summed E-state index contributed by atoms with van der Waals surface area (Å²) in [5.74, 6) is -0.0639. The zero-order valence-corrected chi connectivity index (χ0v) is 11.0. The van der Waals surface area contributed by atoms with Crippen molar-refractivity contribution in [2.45, 2.75) is 27.2 Å². The van der Waals surface area contributed by atoms with Crippen molar-refractivity contribution in [3.05, 3.63) is 44.8 Å². The van der Waals surface area contributed by atoms with Gasteiger partial charge in [0.1, 0.15) is 0 Å². The maximum Gasteiger partial charge on any atom is 0.251 e. The molecule has 1 amide bonds. The number of aryl methyl sites for hydroxylation is 3. The highest BCUT2D eigenvalue weighted by Crippen LogP contribution is 2.16. The van der Waals surface area contributed by atoms with Gasteiger partial charge in [0.05, 0.1) is 0 Å². The van der Waals surface area contributed by atoms with Crippen LogP contribution in [-0.4, -0.2) is 19.0 Å². The van der Waals surface area contributed by atoms with Crippen LogP contribution >= 0.6 is 0 Å². The van der Waals surface area contributed by atoms with Gasteiger partial charge in [-0.25, -0.2) is 0 Å². The Morgan fingerprint density at radius 1 is 1.33 bits per heavy atom. The second kappa shape index (κ2) is 6.67. The molecule has 1 N–H and O–H groups in total. The number of nitrogens with zero attached hydrogens (tertiary/aromatic N) is 3. The SMILES string of the molecule is Cc1cc(C)c(C(=O)NCCCN=[N+]=[N-])c(C)c1. The van der Waals surface area contributed by atoms with Gasteiger partial charge in [-0.1, -0.05) is 22.8 Å². The van der Waals surface area contributed by atoms with Crippen LogP contribution in [0, 0.1) is 20.8 Å². The predicted octanol–water partition coefficient (Wildman–Crippen LogP) is 3.04. The van der Waals surface area contributed by atoms with Crippen LogP contribution < -0.4 is 5.32 Å². The van der Waals surface area contributed by atoms with Crippen LogP contribution in [0.5, 0.6) is 0 Å². The van der Waals surface area contributed by atoms with Crippen LogP contribution in [0.4, 0.5) is 0 Å². The van der Waals surface area contributed by atoms with Crippen LogP contribution in [0.3, 0.4) is 0 Å². The van der Waals surface area contributed by atoms with E-state index in [1.165, 1.54) is 0 Å². The predicted molar refractivity (Wildman–Crippen MR) is 71.6 cm³/mol. The average Bonchev–Trinajstić information content (AvgIpc) is 2.27. The molecule has 0 bridgehead atoms. The Hall–Kier alpha value is -2.00. The number of nitrogens with one attached hydrogen (secondary N) is 1. The van der Waals surface area contributed by atoms with E-state index in [0.717, 1.165) is 22.3 Å². The van der Waals surface area contributed by atoms with Crippen LogP contribution in [0.15, 0.2) is 17.2 Å². The van der Waals surface area contributed by atoms with Gasteiger partial charge in [0.25, 0.3) is 5.91 Å². The topological polar surface area (TPSA) is 77.9 Å². The van der Waals surface area contributed by atoms with Crippen molar-refractivity contribution in [2.75, 3.05) is 13.1 Å². The molecule has 0 radical (unpaired) electrons. The molecule has 96 valence electrons. The van der Waals surface area contributed by atoms with Gasteiger partial charge < -0.3 is 5.32 Å². The molecule has 0 aliphatic heterocycles. The van der Waals surface area contributed by atoms with Crippen molar-refractivity contribution in [2.24, 2.45) is 5.11 Å². The summed E-state index contributed by atoms with van der Waals surface area (Å²) in [5.41, 5.74) is 12.0. The lowest BCUT2D eigenvalue weighted by Crippen LogP contribution is -2.26. The molecule has 1 aromatic rings. The smallest absolute Gasteiger partial charge is 0.251 e. The van der Waals surface area contributed by atoms with Gasteiger partial charge in [-0.3, -0.25) is 4.79 Å². The summed E-state index contributed by atoms with van der Waals surface area (Å²) in [5, 5.41) is 6.25. The summed E-state index contributed by atoms with van der Waals surface area (Å²) in [6.07, 6.45) is 0.653. The van der Waals surface area contributed by atoms with E-state index in [9.17, 15) is 4.79 Å². The molecule has 1 rings (SSSR count). The lowest BCUT2D eigenvalue weighted by Gasteiger charge is -2.11. The maximum absolute atomic E-state index is 12.0. The fraction of sp³-hybridized carbons (Fsp3) is 0.462. The van der Waals surface area contributed by atoms with E-state index in [2.05, 4.69) is 15.3 Å². The summed E-state index contributed by atoms with van der Waals surface area (Å²) in [4.78, 5) is 14.7. The van der Waals surface area contributed by atoms with E-state index < -0.39 is 0 Å². The average molecular weight is 246 g/mol. The maximum atomic E-state index is 12.0. The van der Waals surface area contributed by atoms with E-state index in [4.69, 9.17) is 5.53 Å². The van der Waals surface area contributed by atoms with Crippen LogP contribution in [0.2, 0.25) is 0 Å². The first-order valence-corrected chi connectivity index (χ1v) is 5.93. The number of carbonyl (C=O) groups excluding carboxylic acids is 1. The molecule has 0 spiro atoms. The molecule has 0 atom stereocenters. The molecule has 5 heteroatoms. The molecule has 18 heavy (non-hydrogen) atoms. The highest BCUT2D eigenvalue weighted by atomic mass is 16.1. The Kier molecular flexibility index (Phi) is 5.21. The summed E-state index contributed by atoms with van der Waals surface area (Å²) < 4.78 is 0. The minimum atomic E-state index is -0.0639. The number of carbonyl (C=O) groups is 1. The van der Waals surface area contributed by atoms with Crippen molar-refractivity contribution < 1.29 is 4.79 Å². The Balaban J connectivity index is 2.64. The fourth-order valence-corrected chi connectivity index (χ4v) is 2.02. The monoisotopic (exact) mass is 246 g/mol. The van der Waals surface area contributed by atoms with E-state index in [-0.39, 0.29) is 5.91 Å². The number of benzene rings is 1. The third-order valence-corrected chi connectivity index (χ3v) is 2.69. The molecule has 0 fully saturated rings. The molecule has 1 aromatic carbocycles. The van der Waals surface area contributed by atoms with Gasteiger partial charge in [-0.15, -0.1) is 0 Å². The molecular weight excluding hydrogens is 228 g/mol. The highest BCUT2D eigenvalue weighted by Gasteiger charge is 2.11. The Labute approximate surface area is 107 Å². The summed E-state index contributed by atoms with van der Waals surface area (Å²) in [7, 11) is 0. The summed E-state index contributed by atoms with van der Waals surface area (Å²) >= 11 is 0. The Morgan fingerprint density at radius 3 is 2.50 bits per heavy atom. The third-order valence-electron chi connectivity index (χ3n) is 2.69. The lowest BCUT2D eigenvalue weighted by molar-refractivity contribution is 0.0952. The van der Waals surface area contributed by atoms with E-state index in [0.29, 0.717) is 19.5 Å². The molecule has 0 aliphatic carbocycles. The zero-order valence-electron chi connectivity index (χ0n) is 11.0. The van der Waals surface area contributed by atoms with Crippen molar-refractivity contribution in [1.29, 1.82) is 0 Å². The van der Waals surface area contributed by atoms with Crippen LogP contribution in [0.25, 0.3) is 10.4 Å². The quantitative estimate of drug-likeness (QED) is 0.368. The van der Waals surface area contributed by atoms with Crippen LogP contribution in [0.1, 0.15) is 33.5 Å². The van der Waals surface area contributed by atoms with Gasteiger partial charge in [0.15, 0.2) is 0 Å². The van der Waals surface area contributed by atoms with Crippen molar-refractivity contribution in [1.82, 2.24) is 5.32 Å². The largest absolute Gasteiger partial charge is 0.352 e. The first-order valence-electron chi connectivity index (χ1n) is 5.93. The number of hydrogen-bond donors (Lipinski definition) is 1. The van der Waals surface area contributed by atoms with Gasteiger partial charge in [-0.05, 0) is 43.9 Å². The number of hydrogen-bond acceptors (Lipinski definition) is 2. The Morgan fingerprint density at radius 2 is 1.94 bits per heavy atom. The Bertz CT molecular complexity index is 467. The number of rotatable bonds is 5. The highest BCUT2D eigenvalue weighted by molar-refractivity contribution is 5.97. The number of amides is 1. The second-order valence-corrected chi connectivity index (χ2v) is 4.34. The molecular formula is C13H18N4O. The van der Waals surface area contributed by atoms with Crippen molar-refractivity contribution in [3.8, 4) is 0 Å². The zero-order chi connectivity index (χ0) is 13.5. The molecule has 0 saturated carbocycles. The van der Waals surface area contributed by atoms with Gasteiger partial charge in [-0.2, -0.15) is 0 Å².